The minimum atomic E-state index is 0.0463. The predicted molar refractivity (Wildman–Crippen MR) is 40.7 cm³/mol. The summed E-state index contributed by atoms with van der Waals surface area (Å²) in [5, 5.41) is 8.58. The Balaban J connectivity index is 3.85. The number of hydrogen-bond acceptors (Lipinski definition) is 2. The Morgan fingerprint density at radius 3 is 2.10 bits per heavy atom. The van der Waals surface area contributed by atoms with Gasteiger partial charge in [0.2, 0.25) is 0 Å². The maximum absolute atomic E-state index is 10.9. The van der Waals surface area contributed by atoms with Gasteiger partial charge in [-0.25, -0.2) is 0 Å². The van der Waals surface area contributed by atoms with Gasteiger partial charge >= 0.3 is 0 Å². The highest BCUT2D eigenvalue weighted by molar-refractivity contribution is 5.78. The highest BCUT2D eigenvalue weighted by Crippen LogP contribution is 2.15. The van der Waals surface area contributed by atoms with Gasteiger partial charge < -0.3 is 5.11 Å². The molecule has 1 unspecified atom stereocenters. The number of carbonyl (C=O) groups is 1. The number of Topliss-reactive ketones (excluding diaryl/α,β-unsaturated/α-hetero) is 1. The molecule has 0 spiro atoms. The van der Waals surface area contributed by atoms with Gasteiger partial charge in [0.15, 0.2) is 0 Å². The monoisotopic (exact) mass is 144 g/mol. The average molecular weight is 144 g/mol. The molecule has 0 radical (unpaired) electrons. The van der Waals surface area contributed by atoms with Crippen molar-refractivity contribution in [2.75, 3.05) is 6.61 Å². The van der Waals surface area contributed by atoms with E-state index in [1.807, 2.05) is 13.8 Å². The van der Waals surface area contributed by atoms with Gasteiger partial charge in [0.05, 0.1) is 0 Å². The van der Waals surface area contributed by atoms with Crippen LogP contribution in [0.5, 0.6) is 0 Å². The molecule has 0 saturated carbocycles. The summed E-state index contributed by atoms with van der Waals surface area (Å²) in [6.07, 6.45) is 0.604. The first-order chi connectivity index (χ1) is 4.59. The van der Waals surface area contributed by atoms with Crippen LogP contribution in [0.4, 0.5) is 0 Å². The molecule has 0 heterocycles. The van der Waals surface area contributed by atoms with E-state index in [0.29, 0.717) is 12.3 Å². The number of aliphatic hydroxyl groups excluding tert-OH is 1. The average Bonchev–Trinajstić information content (AvgIpc) is 1.81. The standard InChI is InChI=1S/C8H16O2/c1-6(2)8(4-5-9)7(3)10/h6,8-9H,4-5H2,1-3H3. The van der Waals surface area contributed by atoms with Crippen LogP contribution in [0.15, 0.2) is 0 Å². The Kier molecular flexibility index (Phi) is 4.28. The Hall–Kier alpha value is -0.370. The Morgan fingerprint density at radius 1 is 1.50 bits per heavy atom. The van der Waals surface area contributed by atoms with Gasteiger partial charge in [-0.1, -0.05) is 13.8 Å². The summed E-state index contributed by atoms with van der Waals surface area (Å²) in [5.41, 5.74) is 0. The molecule has 0 bridgehead atoms. The van der Waals surface area contributed by atoms with Crippen LogP contribution in [0.2, 0.25) is 0 Å². The zero-order valence-electron chi connectivity index (χ0n) is 6.92. The highest BCUT2D eigenvalue weighted by atomic mass is 16.3. The van der Waals surface area contributed by atoms with E-state index in [0.717, 1.165) is 0 Å². The second-order valence-corrected chi connectivity index (χ2v) is 2.97. The van der Waals surface area contributed by atoms with E-state index in [1.54, 1.807) is 6.92 Å². The van der Waals surface area contributed by atoms with E-state index in [9.17, 15) is 4.79 Å². The fraction of sp³-hybridized carbons (Fsp3) is 0.875. The lowest BCUT2D eigenvalue weighted by molar-refractivity contribution is -0.122. The van der Waals surface area contributed by atoms with Gasteiger partial charge in [-0.3, -0.25) is 4.79 Å². The molecule has 0 saturated heterocycles. The second kappa shape index (κ2) is 4.45. The molecular formula is C8H16O2. The molecule has 0 aromatic carbocycles. The van der Waals surface area contributed by atoms with Gasteiger partial charge in [0.25, 0.3) is 0 Å². The zero-order chi connectivity index (χ0) is 8.15. The molecule has 0 aromatic rings. The van der Waals surface area contributed by atoms with Gasteiger partial charge in [-0.2, -0.15) is 0 Å². The fourth-order valence-corrected chi connectivity index (χ4v) is 1.15. The van der Waals surface area contributed by atoms with Crippen molar-refractivity contribution >= 4 is 5.78 Å². The summed E-state index contributed by atoms with van der Waals surface area (Å²) >= 11 is 0. The summed E-state index contributed by atoms with van der Waals surface area (Å²) < 4.78 is 0. The van der Waals surface area contributed by atoms with Crippen LogP contribution in [-0.2, 0) is 4.79 Å². The largest absolute Gasteiger partial charge is 0.396 e. The third-order valence-corrected chi connectivity index (χ3v) is 1.77. The molecule has 2 heteroatoms. The van der Waals surface area contributed by atoms with Crippen molar-refractivity contribution in [3.05, 3.63) is 0 Å². The number of rotatable bonds is 4. The lowest BCUT2D eigenvalue weighted by Gasteiger charge is -2.15. The third-order valence-electron chi connectivity index (χ3n) is 1.77. The van der Waals surface area contributed by atoms with Crippen LogP contribution in [0.3, 0.4) is 0 Å². The molecule has 60 valence electrons. The molecule has 0 aromatic heterocycles. The molecule has 10 heavy (non-hydrogen) atoms. The molecule has 1 N–H and O–H groups in total. The van der Waals surface area contributed by atoms with Gasteiger partial charge in [-0.15, -0.1) is 0 Å². The predicted octanol–water partition coefficient (Wildman–Crippen LogP) is 1.23. The van der Waals surface area contributed by atoms with E-state index in [4.69, 9.17) is 5.11 Å². The summed E-state index contributed by atoms with van der Waals surface area (Å²) in [6, 6.07) is 0. The first-order valence-electron chi connectivity index (χ1n) is 3.71. The van der Waals surface area contributed by atoms with Crippen molar-refractivity contribution in [3.63, 3.8) is 0 Å². The van der Waals surface area contributed by atoms with E-state index in [1.165, 1.54) is 0 Å². The number of ketones is 1. The summed E-state index contributed by atoms with van der Waals surface area (Å²) in [5.74, 6) is 0.582. The Labute approximate surface area is 62.2 Å². The lowest BCUT2D eigenvalue weighted by atomic mass is 9.90. The number of hydrogen-bond donors (Lipinski definition) is 1. The SMILES string of the molecule is CC(=O)C(CCO)C(C)C. The van der Waals surface area contributed by atoms with Crippen LogP contribution in [0.1, 0.15) is 27.2 Å². The van der Waals surface area contributed by atoms with E-state index < -0.39 is 0 Å². The van der Waals surface area contributed by atoms with Crippen molar-refractivity contribution in [2.45, 2.75) is 27.2 Å². The smallest absolute Gasteiger partial charge is 0.133 e. The summed E-state index contributed by atoms with van der Waals surface area (Å²) in [4.78, 5) is 10.9. The van der Waals surface area contributed by atoms with Crippen molar-refractivity contribution in [3.8, 4) is 0 Å². The molecule has 1 atom stereocenters. The molecule has 0 aliphatic heterocycles. The summed E-state index contributed by atoms with van der Waals surface area (Å²) in [6.45, 7) is 5.70. The number of carbonyl (C=O) groups excluding carboxylic acids is 1. The van der Waals surface area contributed by atoms with E-state index in [2.05, 4.69) is 0 Å². The minimum absolute atomic E-state index is 0.0463. The Morgan fingerprint density at radius 2 is 2.00 bits per heavy atom. The second-order valence-electron chi connectivity index (χ2n) is 2.97. The molecule has 2 nitrogen and oxygen atoms in total. The summed E-state index contributed by atoms with van der Waals surface area (Å²) in [7, 11) is 0. The molecule has 0 amide bonds. The molecular weight excluding hydrogens is 128 g/mol. The van der Waals surface area contributed by atoms with E-state index in [-0.39, 0.29) is 18.3 Å². The van der Waals surface area contributed by atoms with Crippen molar-refractivity contribution in [2.24, 2.45) is 11.8 Å². The minimum Gasteiger partial charge on any atom is -0.396 e. The van der Waals surface area contributed by atoms with Crippen LogP contribution in [-0.4, -0.2) is 17.5 Å². The van der Waals surface area contributed by atoms with Crippen LogP contribution in [0, 0.1) is 11.8 Å². The molecule has 0 aliphatic rings. The van der Waals surface area contributed by atoms with Crippen LogP contribution < -0.4 is 0 Å². The molecule has 0 rings (SSSR count). The first kappa shape index (κ1) is 9.63. The fourth-order valence-electron chi connectivity index (χ4n) is 1.15. The van der Waals surface area contributed by atoms with Gasteiger partial charge in [0.1, 0.15) is 5.78 Å². The van der Waals surface area contributed by atoms with Crippen LogP contribution in [0.25, 0.3) is 0 Å². The molecule has 0 fully saturated rings. The molecule has 0 aliphatic carbocycles. The number of aliphatic hydroxyl groups is 1. The van der Waals surface area contributed by atoms with Crippen molar-refractivity contribution in [1.29, 1.82) is 0 Å². The maximum atomic E-state index is 10.9. The van der Waals surface area contributed by atoms with Gasteiger partial charge in [0, 0.05) is 12.5 Å². The van der Waals surface area contributed by atoms with Crippen molar-refractivity contribution in [1.82, 2.24) is 0 Å². The van der Waals surface area contributed by atoms with E-state index >= 15 is 0 Å². The quantitative estimate of drug-likeness (QED) is 0.644. The first-order valence-corrected chi connectivity index (χ1v) is 3.71. The lowest BCUT2D eigenvalue weighted by Crippen LogP contribution is -2.18. The topological polar surface area (TPSA) is 37.3 Å². The normalized spacial score (nSPS) is 13.7. The van der Waals surface area contributed by atoms with Crippen molar-refractivity contribution < 1.29 is 9.90 Å². The van der Waals surface area contributed by atoms with Gasteiger partial charge in [-0.05, 0) is 19.3 Å². The zero-order valence-corrected chi connectivity index (χ0v) is 6.92. The Bertz CT molecular complexity index is 108. The maximum Gasteiger partial charge on any atom is 0.133 e. The third kappa shape index (κ3) is 2.97. The van der Waals surface area contributed by atoms with Crippen LogP contribution >= 0.6 is 0 Å². The highest BCUT2D eigenvalue weighted by Gasteiger charge is 2.16.